The summed E-state index contributed by atoms with van der Waals surface area (Å²) in [7, 11) is 0. The molecule has 1 aliphatic heterocycles. The highest BCUT2D eigenvalue weighted by Crippen LogP contribution is 2.27. The highest BCUT2D eigenvalue weighted by molar-refractivity contribution is 6.08. The number of hydrogen-bond acceptors (Lipinski definition) is 6. The molecule has 13 nitrogen and oxygen atoms in total. The SMILES string of the molecule is NC(=O)[C@H](Cc1ccccc1)NC(=O)[C@H](CCCN=C(N)N)NC(=O)[C@H](CC1CCCCC1)NC(=O)C1C=CC=NC1=O. The van der Waals surface area contributed by atoms with Crippen molar-refractivity contribution in [1.29, 1.82) is 0 Å². The highest BCUT2D eigenvalue weighted by atomic mass is 16.2. The van der Waals surface area contributed by atoms with Crippen LogP contribution >= 0.6 is 0 Å². The van der Waals surface area contributed by atoms with Gasteiger partial charge in [-0.15, -0.1) is 0 Å². The highest BCUT2D eigenvalue weighted by Gasteiger charge is 2.33. The molecular weight excluding hydrogens is 552 g/mol. The van der Waals surface area contributed by atoms with Gasteiger partial charge in [0.1, 0.15) is 24.0 Å². The van der Waals surface area contributed by atoms with Gasteiger partial charge in [-0.1, -0.05) is 68.5 Å². The number of amides is 5. The third-order valence-electron chi connectivity index (χ3n) is 7.59. The lowest BCUT2D eigenvalue weighted by Crippen LogP contribution is -2.57. The number of nitrogens with two attached hydrogens (primary N) is 3. The number of allylic oxidation sites excluding steroid dienone is 1. The molecule has 0 saturated heterocycles. The molecule has 0 bridgehead atoms. The van der Waals surface area contributed by atoms with Gasteiger partial charge in [-0.05, 0) is 36.8 Å². The number of carbonyl (C=O) groups excluding carboxylic acids is 5. The van der Waals surface area contributed by atoms with Crippen molar-refractivity contribution in [3.63, 3.8) is 0 Å². The van der Waals surface area contributed by atoms with E-state index < -0.39 is 53.6 Å². The number of nitrogens with one attached hydrogen (secondary N) is 3. The Morgan fingerprint density at radius 3 is 2.23 bits per heavy atom. The van der Waals surface area contributed by atoms with Crippen molar-refractivity contribution in [2.24, 2.45) is 39.0 Å². The van der Waals surface area contributed by atoms with E-state index in [-0.39, 0.29) is 31.3 Å². The van der Waals surface area contributed by atoms with Crippen molar-refractivity contribution in [3.05, 3.63) is 48.0 Å². The van der Waals surface area contributed by atoms with Gasteiger partial charge in [0.25, 0.3) is 5.91 Å². The summed E-state index contributed by atoms with van der Waals surface area (Å²) in [6.07, 6.45) is 10.2. The second-order valence-electron chi connectivity index (χ2n) is 10.9. The quantitative estimate of drug-likeness (QED) is 0.0703. The van der Waals surface area contributed by atoms with Crippen LogP contribution in [-0.4, -0.2) is 66.4 Å². The average molecular weight is 595 g/mol. The van der Waals surface area contributed by atoms with E-state index in [9.17, 15) is 24.0 Å². The van der Waals surface area contributed by atoms with E-state index in [1.807, 2.05) is 30.3 Å². The minimum atomic E-state index is -1.14. The first kappa shape index (κ1) is 33.0. The number of hydrogen-bond donors (Lipinski definition) is 6. The number of nitrogens with zero attached hydrogens (tertiary/aromatic N) is 2. The number of guanidine groups is 1. The molecule has 43 heavy (non-hydrogen) atoms. The lowest BCUT2D eigenvalue weighted by molar-refractivity contribution is -0.136. The summed E-state index contributed by atoms with van der Waals surface area (Å²) in [6.45, 7) is 0.212. The van der Waals surface area contributed by atoms with Crippen LogP contribution in [0.15, 0.2) is 52.5 Å². The Hall–Kier alpha value is -4.55. The molecule has 1 saturated carbocycles. The number of rotatable bonds is 15. The van der Waals surface area contributed by atoms with Gasteiger partial charge in [-0.25, -0.2) is 4.99 Å². The van der Waals surface area contributed by atoms with Gasteiger partial charge in [-0.2, -0.15) is 0 Å². The molecule has 5 amide bonds. The molecule has 3 rings (SSSR count). The van der Waals surface area contributed by atoms with Gasteiger partial charge < -0.3 is 33.2 Å². The maximum Gasteiger partial charge on any atom is 0.262 e. The van der Waals surface area contributed by atoms with Gasteiger partial charge in [-0.3, -0.25) is 29.0 Å². The molecule has 1 aliphatic carbocycles. The maximum absolute atomic E-state index is 13.7. The zero-order chi connectivity index (χ0) is 31.2. The third kappa shape index (κ3) is 11.0. The molecule has 1 fully saturated rings. The Labute approximate surface area is 251 Å². The summed E-state index contributed by atoms with van der Waals surface area (Å²) in [4.78, 5) is 72.2. The van der Waals surface area contributed by atoms with Crippen LogP contribution in [0.25, 0.3) is 0 Å². The Kier molecular flexibility index (Phi) is 12.9. The first-order chi connectivity index (χ1) is 20.6. The van der Waals surface area contributed by atoms with E-state index in [0.29, 0.717) is 12.8 Å². The molecule has 1 aromatic carbocycles. The van der Waals surface area contributed by atoms with E-state index in [1.165, 1.54) is 18.4 Å². The van der Waals surface area contributed by atoms with Crippen molar-refractivity contribution in [3.8, 4) is 0 Å². The third-order valence-corrected chi connectivity index (χ3v) is 7.59. The van der Waals surface area contributed by atoms with Crippen molar-refractivity contribution >= 4 is 41.7 Å². The van der Waals surface area contributed by atoms with E-state index in [0.717, 1.165) is 37.7 Å². The minimum Gasteiger partial charge on any atom is -0.370 e. The zero-order valence-electron chi connectivity index (χ0n) is 24.2. The first-order valence-electron chi connectivity index (χ1n) is 14.7. The fraction of sp³-hybridized carbons (Fsp3) is 0.500. The molecule has 0 radical (unpaired) electrons. The van der Waals surface area contributed by atoms with Crippen molar-refractivity contribution in [2.75, 3.05) is 6.54 Å². The summed E-state index contributed by atoms with van der Waals surface area (Å²) in [5.74, 6) is -4.22. The lowest BCUT2D eigenvalue weighted by Gasteiger charge is -2.29. The molecule has 9 N–H and O–H groups in total. The summed E-state index contributed by atoms with van der Waals surface area (Å²) in [5, 5.41) is 8.15. The van der Waals surface area contributed by atoms with E-state index in [4.69, 9.17) is 17.2 Å². The summed E-state index contributed by atoms with van der Waals surface area (Å²) < 4.78 is 0. The Morgan fingerprint density at radius 1 is 0.907 bits per heavy atom. The topological polar surface area (TPSA) is 224 Å². The van der Waals surface area contributed by atoms with Gasteiger partial charge in [0.2, 0.25) is 23.6 Å². The summed E-state index contributed by atoms with van der Waals surface area (Å²) in [5.41, 5.74) is 17.2. The molecule has 0 spiro atoms. The molecule has 1 unspecified atom stereocenters. The van der Waals surface area contributed by atoms with Gasteiger partial charge in [0.05, 0.1) is 0 Å². The number of carbonyl (C=O) groups is 5. The molecule has 13 heteroatoms. The van der Waals surface area contributed by atoms with E-state index in [2.05, 4.69) is 25.9 Å². The molecule has 4 atom stereocenters. The molecule has 0 aromatic heterocycles. The largest absolute Gasteiger partial charge is 0.370 e. The first-order valence-corrected chi connectivity index (χ1v) is 14.7. The summed E-state index contributed by atoms with van der Waals surface area (Å²) >= 11 is 0. The lowest BCUT2D eigenvalue weighted by atomic mass is 9.84. The molecular formula is C30H42N8O5. The van der Waals surface area contributed by atoms with Crippen LogP contribution in [0, 0.1) is 11.8 Å². The number of dihydropyridines is 1. The van der Waals surface area contributed by atoms with Crippen LogP contribution in [0.3, 0.4) is 0 Å². The number of primary amides is 1. The van der Waals surface area contributed by atoms with Gasteiger partial charge >= 0.3 is 0 Å². The standard InChI is InChI=1S/C30H42N8O5/c31-25(39)23(17-19-9-3-1-4-10-19)37-28(42)22(14-8-16-35-30(32)33)36-29(43)24(18-20-11-5-2-6-12-20)38-27(41)21-13-7-15-34-26(21)40/h1,3-4,7,9-10,13,15,20-24H,2,5-6,8,11-12,14,16-18H2,(H2,31,39)(H,36,43)(H,37,42)(H,38,41)(H4,32,33,35)/t21?,22-,23-,24-/m0/s1. The van der Waals surface area contributed by atoms with Crippen molar-refractivity contribution in [1.82, 2.24) is 16.0 Å². The fourth-order valence-corrected chi connectivity index (χ4v) is 5.28. The predicted octanol–water partition coefficient (Wildman–Crippen LogP) is -0.0238. The van der Waals surface area contributed by atoms with Gasteiger partial charge in [0.15, 0.2) is 5.96 Å². The second kappa shape index (κ2) is 16.8. The fourth-order valence-electron chi connectivity index (χ4n) is 5.28. The van der Waals surface area contributed by atoms with Crippen LogP contribution in [-0.2, 0) is 30.4 Å². The van der Waals surface area contributed by atoms with Crippen molar-refractivity contribution in [2.45, 2.75) is 75.9 Å². The van der Waals surface area contributed by atoms with Crippen LogP contribution < -0.4 is 33.2 Å². The number of aliphatic imine (C=N–C) groups is 2. The van der Waals surface area contributed by atoms with Crippen LogP contribution in [0.4, 0.5) is 0 Å². The van der Waals surface area contributed by atoms with Crippen LogP contribution in [0.1, 0.15) is 56.9 Å². The molecule has 1 aromatic rings. The van der Waals surface area contributed by atoms with Crippen molar-refractivity contribution < 1.29 is 24.0 Å². The predicted molar refractivity (Wildman–Crippen MR) is 162 cm³/mol. The number of benzene rings is 1. The smallest absolute Gasteiger partial charge is 0.262 e. The van der Waals surface area contributed by atoms with Gasteiger partial charge in [0, 0.05) is 19.2 Å². The summed E-state index contributed by atoms with van der Waals surface area (Å²) in [6, 6.07) is 5.99. The molecule has 2 aliphatic rings. The molecule has 232 valence electrons. The maximum atomic E-state index is 13.7. The zero-order valence-corrected chi connectivity index (χ0v) is 24.2. The van der Waals surface area contributed by atoms with E-state index >= 15 is 0 Å². The van der Waals surface area contributed by atoms with E-state index in [1.54, 1.807) is 0 Å². The van der Waals surface area contributed by atoms with Crippen LogP contribution in [0.2, 0.25) is 0 Å². The molecule has 1 heterocycles. The monoisotopic (exact) mass is 594 g/mol. The normalized spacial score (nSPS) is 18.6. The van der Waals surface area contributed by atoms with Crippen LogP contribution in [0.5, 0.6) is 0 Å². The minimum absolute atomic E-state index is 0.104. The Balaban J connectivity index is 1.77. The Bertz CT molecular complexity index is 1220. The average Bonchev–Trinajstić information content (AvgIpc) is 2.98. The second-order valence-corrected chi connectivity index (χ2v) is 10.9. The Morgan fingerprint density at radius 2 is 1.58 bits per heavy atom.